The van der Waals surface area contributed by atoms with Gasteiger partial charge in [0.25, 0.3) is 5.56 Å². The average Bonchev–Trinajstić information content (AvgIpc) is 2.72. The van der Waals surface area contributed by atoms with Crippen molar-refractivity contribution in [3.63, 3.8) is 0 Å². The molecule has 0 amide bonds. The number of carbonyl (C=O) groups excluding carboxylic acids is 1. The van der Waals surface area contributed by atoms with Crippen LogP contribution in [-0.2, 0) is 4.74 Å². The number of hydrogen-bond acceptors (Lipinski definition) is 4. The predicted octanol–water partition coefficient (Wildman–Crippen LogP) is 4.35. The first-order valence-corrected chi connectivity index (χ1v) is 9.11. The fourth-order valence-corrected chi connectivity index (χ4v) is 2.98. The zero-order valence-electron chi connectivity index (χ0n) is 15.6. The van der Waals surface area contributed by atoms with Crippen LogP contribution in [0.2, 0.25) is 0 Å². The molecule has 0 atom stereocenters. The smallest absolute Gasteiger partial charge is 0.340 e. The Bertz CT molecular complexity index is 989. The third kappa shape index (κ3) is 4.03. The quantitative estimate of drug-likeness (QED) is 0.461. The van der Waals surface area contributed by atoms with Gasteiger partial charge in [0.05, 0.1) is 19.3 Å². The number of rotatable bonds is 7. The lowest BCUT2D eigenvalue weighted by atomic mass is 10.1. The highest BCUT2D eigenvalue weighted by molar-refractivity contribution is 6.04. The molecule has 0 spiro atoms. The Morgan fingerprint density at radius 3 is 2.37 bits per heavy atom. The van der Waals surface area contributed by atoms with Gasteiger partial charge in [-0.15, -0.1) is 0 Å². The lowest BCUT2D eigenvalue weighted by molar-refractivity contribution is 0.0499. The van der Waals surface area contributed by atoms with E-state index in [1.54, 1.807) is 55.8 Å². The summed E-state index contributed by atoms with van der Waals surface area (Å²) >= 11 is 0. The number of nitrogens with zero attached hydrogens (tertiary/aromatic N) is 1. The molecule has 0 N–H and O–H groups in total. The fraction of sp³-hybridized carbons (Fsp3) is 0.273. The summed E-state index contributed by atoms with van der Waals surface area (Å²) in [5.41, 5.74) is 0.863. The largest absolute Gasteiger partial charge is 0.497 e. The molecule has 0 fully saturated rings. The van der Waals surface area contributed by atoms with Crippen LogP contribution in [0, 0.1) is 0 Å². The SMILES string of the molecule is CCCCCOC(=O)c1cn(-c2ccc(OC)cc2)c(=O)c2ccccc12. The van der Waals surface area contributed by atoms with Gasteiger partial charge in [-0.2, -0.15) is 0 Å². The molecular formula is C22H23NO4. The average molecular weight is 365 g/mol. The van der Waals surface area contributed by atoms with E-state index in [0.717, 1.165) is 19.3 Å². The van der Waals surface area contributed by atoms with Crippen LogP contribution in [0.25, 0.3) is 16.5 Å². The molecule has 0 bridgehead atoms. The predicted molar refractivity (Wildman–Crippen MR) is 106 cm³/mol. The van der Waals surface area contributed by atoms with Crippen molar-refractivity contribution in [3.05, 3.63) is 70.6 Å². The summed E-state index contributed by atoms with van der Waals surface area (Å²) in [6.45, 7) is 2.47. The molecule has 2 aromatic carbocycles. The minimum atomic E-state index is -0.412. The number of unbranched alkanes of at least 4 members (excludes halogenated alkanes) is 2. The molecule has 0 aliphatic carbocycles. The lowest BCUT2D eigenvalue weighted by Gasteiger charge is -2.12. The maximum absolute atomic E-state index is 12.9. The Hall–Kier alpha value is -3.08. The summed E-state index contributed by atoms with van der Waals surface area (Å²) < 4.78 is 12.1. The van der Waals surface area contributed by atoms with Gasteiger partial charge in [-0.05, 0) is 36.8 Å². The summed E-state index contributed by atoms with van der Waals surface area (Å²) in [5.74, 6) is 0.285. The van der Waals surface area contributed by atoms with Crippen molar-refractivity contribution in [3.8, 4) is 11.4 Å². The van der Waals surface area contributed by atoms with Crippen LogP contribution in [-0.4, -0.2) is 24.3 Å². The zero-order chi connectivity index (χ0) is 19.2. The van der Waals surface area contributed by atoms with Crippen molar-refractivity contribution >= 4 is 16.7 Å². The molecule has 1 heterocycles. The maximum Gasteiger partial charge on any atom is 0.340 e. The number of esters is 1. The Labute approximate surface area is 158 Å². The van der Waals surface area contributed by atoms with E-state index in [1.165, 1.54) is 4.57 Å². The standard InChI is InChI=1S/C22H23NO4/c1-3-4-7-14-27-22(25)20-15-23(16-10-12-17(26-2)13-11-16)21(24)19-9-6-5-8-18(19)20/h5-6,8-13,15H,3-4,7,14H2,1-2H3. The number of benzene rings is 2. The number of carbonyl (C=O) groups is 1. The number of aromatic nitrogens is 1. The molecule has 0 aliphatic heterocycles. The zero-order valence-corrected chi connectivity index (χ0v) is 15.6. The van der Waals surface area contributed by atoms with Crippen molar-refractivity contribution in [2.75, 3.05) is 13.7 Å². The first-order valence-electron chi connectivity index (χ1n) is 9.11. The number of hydrogen-bond donors (Lipinski definition) is 0. The molecule has 3 rings (SSSR count). The molecule has 0 aliphatic rings. The van der Waals surface area contributed by atoms with E-state index in [4.69, 9.17) is 9.47 Å². The molecule has 5 heteroatoms. The first-order chi connectivity index (χ1) is 13.2. The van der Waals surface area contributed by atoms with Gasteiger partial charge in [-0.1, -0.05) is 38.0 Å². The van der Waals surface area contributed by atoms with Crippen molar-refractivity contribution in [1.82, 2.24) is 4.57 Å². The van der Waals surface area contributed by atoms with Crippen LogP contribution in [0.4, 0.5) is 0 Å². The molecule has 3 aromatic rings. The molecule has 27 heavy (non-hydrogen) atoms. The monoisotopic (exact) mass is 365 g/mol. The van der Waals surface area contributed by atoms with Gasteiger partial charge in [0.1, 0.15) is 5.75 Å². The van der Waals surface area contributed by atoms with Gasteiger partial charge in [0, 0.05) is 22.7 Å². The van der Waals surface area contributed by atoms with Gasteiger partial charge in [-0.3, -0.25) is 9.36 Å². The van der Waals surface area contributed by atoms with Crippen LogP contribution >= 0.6 is 0 Å². The van der Waals surface area contributed by atoms with Crippen LogP contribution in [0.15, 0.2) is 59.5 Å². The van der Waals surface area contributed by atoms with Gasteiger partial charge < -0.3 is 9.47 Å². The molecule has 140 valence electrons. The third-order valence-corrected chi connectivity index (χ3v) is 4.48. The minimum Gasteiger partial charge on any atom is -0.497 e. The van der Waals surface area contributed by atoms with Crippen molar-refractivity contribution in [2.45, 2.75) is 26.2 Å². The Morgan fingerprint density at radius 2 is 1.70 bits per heavy atom. The van der Waals surface area contributed by atoms with Crippen molar-refractivity contribution in [1.29, 1.82) is 0 Å². The maximum atomic E-state index is 12.9. The van der Waals surface area contributed by atoms with E-state index in [2.05, 4.69) is 6.92 Å². The highest BCUT2D eigenvalue weighted by atomic mass is 16.5. The van der Waals surface area contributed by atoms with Gasteiger partial charge in [-0.25, -0.2) is 4.79 Å². The molecule has 0 saturated carbocycles. The number of pyridine rings is 1. The number of fused-ring (bicyclic) bond motifs is 1. The summed E-state index contributed by atoms with van der Waals surface area (Å²) in [6.07, 6.45) is 4.47. The molecular weight excluding hydrogens is 342 g/mol. The minimum absolute atomic E-state index is 0.182. The van der Waals surface area contributed by atoms with Crippen molar-refractivity contribution in [2.24, 2.45) is 0 Å². The molecule has 1 aromatic heterocycles. The second-order valence-corrected chi connectivity index (χ2v) is 6.30. The summed E-state index contributed by atoms with van der Waals surface area (Å²) in [4.78, 5) is 25.6. The summed E-state index contributed by atoms with van der Waals surface area (Å²) in [7, 11) is 1.59. The first kappa shape index (κ1) is 18.7. The summed E-state index contributed by atoms with van der Waals surface area (Å²) in [5, 5.41) is 1.09. The van der Waals surface area contributed by atoms with Gasteiger partial charge >= 0.3 is 5.97 Å². The number of methoxy groups -OCH3 is 1. The fourth-order valence-electron chi connectivity index (χ4n) is 2.98. The van der Waals surface area contributed by atoms with Crippen LogP contribution in [0.3, 0.4) is 0 Å². The Balaban J connectivity index is 2.05. The third-order valence-electron chi connectivity index (χ3n) is 4.48. The normalized spacial score (nSPS) is 10.7. The van der Waals surface area contributed by atoms with E-state index >= 15 is 0 Å². The highest BCUT2D eigenvalue weighted by Gasteiger charge is 2.16. The van der Waals surface area contributed by atoms with Gasteiger partial charge in [0.2, 0.25) is 0 Å². The van der Waals surface area contributed by atoms with E-state index in [-0.39, 0.29) is 5.56 Å². The van der Waals surface area contributed by atoms with Gasteiger partial charge in [0.15, 0.2) is 0 Å². The Morgan fingerprint density at radius 1 is 1.00 bits per heavy atom. The Kier molecular flexibility index (Phi) is 5.91. The lowest BCUT2D eigenvalue weighted by Crippen LogP contribution is -2.21. The summed E-state index contributed by atoms with van der Waals surface area (Å²) in [6, 6.07) is 14.2. The molecule has 5 nitrogen and oxygen atoms in total. The highest BCUT2D eigenvalue weighted by Crippen LogP contribution is 2.20. The van der Waals surface area contributed by atoms with E-state index in [0.29, 0.717) is 34.4 Å². The molecule has 0 radical (unpaired) electrons. The van der Waals surface area contributed by atoms with Crippen LogP contribution in [0.5, 0.6) is 5.75 Å². The van der Waals surface area contributed by atoms with Crippen molar-refractivity contribution < 1.29 is 14.3 Å². The van der Waals surface area contributed by atoms with E-state index in [1.807, 2.05) is 6.07 Å². The van der Waals surface area contributed by atoms with Crippen LogP contribution < -0.4 is 10.3 Å². The second kappa shape index (κ2) is 8.54. The van der Waals surface area contributed by atoms with Crippen LogP contribution in [0.1, 0.15) is 36.5 Å². The molecule has 0 unspecified atom stereocenters. The molecule has 0 saturated heterocycles. The topological polar surface area (TPSA) is 57.5 Å². The second-order valence-electron chi connectivity index (χ2n) is 6.30. The number of ether oxygens (including phenoxy) is 2. The van der Waals surface area contributed by atoms with E-state index in [9.17, 15) is 9.59 Å². The van der Waals surface area contributed by atoms with E-state index < -0.39 is 5.97 Å².